The third-order valence-electron chi connectivity index (χ3n) is 4.13. The van der Waals surface area contributed by atoms with E-state index in [1.165, 1.54) is 31.2 Å². The van der Waals surface area contributed by atoms with E-state index in [1.807, 2.05) is 18.2 Å². The highest BCUT2D eigenvalue weighted by atomic mass is 16.2. The number of carbonyl (C=O) groups excluding carboxylic acids is 1. The molecule has 0 aromatic heterocycles. The predicted octanol–water partition coefficient (Wildman–Crippen LogP) is 2.79. The van der Waals surface area contributed by atoms with E-state index in [0.717, 1.165) is 19.3 Å². The van der Waals surface area contributed by atoms with E-state index < -0.39 is 6.04 Å². The van der Waals surface area contributed by atoms with Crippen LogP contribution in [-0.2, 0) is 11.2 Å². The molecule has 1 aliphatic rings. The zero-order valence-electron chi connectivity index (χ0n) is 12.2. The molecule has 2 rings (SSSR count). The van der Waals surface area contributed by atoms with Crippen molar-refractivity contribution in [3.05, 3.63) is 35.9 Å². The fourth-order valence-electron chi connectivity index (χ4n) is 2.83. The number of aryl methyl sites for hydroxylation is 1. The van der Waals surface area contributed by atoms with Crippen LogP contribution in [0.25, 0.3) is 0 Å². The molecule has 0 bridgehead atoms. The highest BCUT2D eigenvalue weighted by molar-refractivity contribution is 5.81. The van der Waals surface area contributed by atoms with Gasteiger partial charge in [-0.15, -0.1) is 0 Å². The molecule has 3 nitrogen and oxygen atoms in total. The quantitative estimate of drug-likeness (QED) is 0.811. The van der Waals surface area contributed by atoms with Crippen LogP contribution < -0.4 is 11.1 Å². The lowest BCUT2D eigenvalue weighted by Gasteiger charge is -2.19. The topological polar surface area (TPSA) is 55.1 Å². The van der Waals surface area contributed by atoms with Gasteiger partial charge in [0.25, 0.3) is 0 Å². The lowest BCUT2D eigenvalue weighted by atomic mass is 10.0. The molecule has 1 aliphatic carbocycles. The zero-order chi connectivity index (χ0) is 14.2. The Balaban J connectivity index is 1.73. The van der Waals surface area contributed by atoms with E-state index in [0.29, 0.717) is 12.5 Å². The summed E-state index contributed by atoms with van der Waals surface area (Å²) in [6.45, 7) is 0. The minimum absolute atomic E-state index is 0.0211. The summed E-state index contributed by atoms with van der Waals surface area (Å²) in [5, 5.41) is 3.13. The molecular formula is C17H26N2O. The largest absolute Gasteiger partial charge is 0.352 e. The highest BCUT2D eigenvalue weighted by Crippen LogP contribution is 2.17. The fourth-order valence-corrected chi connectivity index (χ4v) is 2.83. The lowest BCUT2D eigenvalue weighted by Crippen LogP contribution is -2.45. The molecule has 1 amide bonds. The summed E-state index contributed by atoms with van der Waals surface area (Å²) in [4.78, 5) is 12.1. The first-order chi connectivity index (χ1) is 9.75. The molecule has 3 N–H and O–H groups in total. The van der Waals surface area contributed by atoms with Crippen LogP contribution in [-0.4, -0.2) is 18.0 Å². The molecule has 1 saturated carbocycles. The standard InChI is InChI=1S/C17H26N2O/c18-16(13-12-14-8-4-3-5-9-14)17(20)19-15-10-6-1-2-7-11-15/h3-5,8-9,15-16H,1-2,6-7,10-13,18H2,(H,19,20)/t16-/m0/s1. The van der Waals surface area contributed by atoms with Gasteiger partial charge >= 0.3 is 0 Å². The van der Waals surface area contributed by atoms with Gasteiger partial charge in [0.05, 0.1) is 6.04 Å². The average Bonchev–Trinajstić information content (AvgIpc) is 2.74. The molecule has 3 heteroatoms. The monoisotopic (exact) mass is 274 g/mol. The summed E-state index contributed by atoms with van der Waals surface area (Å²) in [5.41, 5.74) is 7.25. The first kappa shape index (κ1) is 15.0. The second-order valence-corrected chi connectivity index (χ2v) is 5.83. The van der Waals surface area contributed by atoms with Gasteiger partial charge in [-0.3, -0.25) is 4.79 Å². The van der Waals surface area contributed by atoms with Crippen molar-refractivity contribution < 1.29 is 4.79 Å². The van der Waals surface area contributed by atoms with E-state index in [-0.39, 0.29) is 5.91 Å². The Hall–Kier alpha value is -1.35. The van der Waals surface area contributed by atoms with E-state index >= 15 is 0 Å². The highest BCUT2D eigenvalue weighted by Gasteiger charge is 2.19. The first-order valence-electron chi connectivity index (χ1n) is 7.85. The van der Waals surface area contributed by atoms with Gasteiger partial charge in [0.2, 0.25) is 5.91 Å². The van der Waals surface area contributed by atoms with Crippen molar-refractivity contribution in [1.29, 1.82) is 0 Å². The van der Waals surface area contributed by atoms with Crippen LogP contribution >= 0.6 is 0 Å². The molecule has 0 aliphatic heterocycles. The number of rotatable bonds is 5. The molecule has 1 aromatic carbocycles. The maximum atomic E-state index is 12.1. The van der Waals surface area contributed by atoms with E-state index in [9.17, 15) is 4.79 Å². The molecule has 0 spiro atoms. The minimum Gasteiger partial charge on any atom is -0.352 e. The number of benzene rings is 1. The van der Waals surface area contributed by atoms with Crippen LogP contribution in [0.4, 0.5) is 0 Å². The van der Waals surface area contributed by atoms with Crippen molar-refractivity contribution in [3.63, 3.8) is 0 Å². The number of nitrogens with two attached hydrogens (primary N) is 1. The Morgan fingerprint density at radius 3 is 2.45 bits per heavy atom. The number of hydrogen-bond acceptors (Lipinski definition) is 2. The fraction of sp³-hybridized carbons (Fsp3) is 0.588. The van der Waals surface area contributed by atoms with Crippen molar-refractivity contribution in [1.82, 2.24) is 5.32 Å². The number of carbonyl (C=O) groups is 1. The number of amides is 1. The van der Waals surface area contributed by atoms with Crippen LogP contribution in [0.2, 0.25) is 0 Å². The van der Waals surface area contributed by atoms with Gasteiger partial charge in [-0.25, -0.2) is 0 Å². The van der Waals surface area contributed by atoms with Crippen LogP contribution in [0.3, 0.4) is 0 Å². The first-order valence-corrected chi connectivity index (χ1v) is 7.85. The second-order valence-electron chi connectivity index (χ2n) is 5.83. The van der Waals surface area contributed by atoms with Crippen molar-refractivity contribution in [2.45, 2.75) is 63.5 Å². The Labute approximate surface area is 121 Å². The molecule has 20 heavy (non-hydrogen) atoms. The van der Waals surface area contributed by atoms with Gasteiger partial charge in [0.15, 0.2) is 0 Å². The minimum atomic E-state index is -0.390. The molecular weight excluding hydrogens is 248 g/mol. The van der Waals surface area contributed by atoms with E-state index in [1.54, 1.807) is 0 Å². The summed E-state index contributed by atoms with van der Waals surface area (Å²) in [7, 11) is 0. The van der Waals surface area contributed by atoms with Gasteiger partial charge in [-0.2, -0.15) is 0 Å². The SMILES string of the molecule is N[C@@H](CCc1ccccc1)C(=O)NC1CCCCCC1. The van der Waals surface area contributed by atoms with Crippen LogP contribution in [0, 0.1) is 0 Å². The Morgan fingerprint density at radius 1 is 1.15 bits per heavy atom. The normalized spacial score (nSPS) is 18.2. The molecule has 1 aromatic rings. The van der Waals surface area contributed by atoms with E-state index in [2.05, 4.69) is 17.4 Å². The zero-order valence-corrected chi connectivity index (χ0v) is 12.2. The summed E-state index contributed by atoms with van der Waals surface area (Å²) >= 11 is 0. The van der Waals surface area contributed by atoms with Gasteiger partial charge in [0, 0.05) is 6.04 Å². The Morgan fingerprint density at radius 2 is 1.80 bits per heavy atom. The van der Waals surface area contributed by atoms with Crippen LogP contribution in [0.1, 0.15) is 50.5 Å². The second kappa shape index (κ2) is 8.05. The number of hydrogen-bond donors (Lipinski definition) is 2. The van der Waals surface area contributed by atoms with Gasteiger partial charge < -0.3 is 11.1 Å². The van der Waals surface area contributed by atoms with Gasteiger partial charge in [-0.1, -0.05) is 56.0 Å². The van der Waals surface area contributed by atoms with Gasteiger partial charge in [-0.05, 0) is 31.2 Å². The molecule has 1 fully saturated rings. The summed E-state index contributed by atoms with van der Waals surface area (Å²) in [6.07, 6.45) is 8.84. The van der Waals surface area contributed by atoms with Crippen LogP contribution in [0.5, 0.6) is 0 Å². The van der Waals surface area contributed by atoms with E-state index in [4.69, 9.17) is 5.73 Å². The molecule has 0 unspecified atom stereocenters. The van der Waals surface area contributed by atoms with Crippen molar-refractivity contribution >= 4 is 5.91 Å². The summed E-state index contributed by atoms with van der Waals surface area (Å²) in [5.74, 6) is 0.0211. The maximum Gasteiger partial charge on any atom is 0.237 e. The number of nitrogens with one attached hydrogen (secondary N) is 1. The predicted molar refractivity (Wildman–Crippen MR) is 82.4 cm³/mol. The average molecular weight is 274 g/mol. The summed E-state index contributed by atoms with van der Waals surface area (Å²) < 4.78 is 0. The molecule has 0 saturated heterocycles. The third kappa shape index (κ3) is 4.97. The van der Waals surface area contributed by atoms with Gasteiger partial charge in [0.1, 0.15) is 0 Å². The Kier molecular flexibility index (Phi) is 6.06. The van der Waals surface area contributed by atoms with Crippen molar-refractivity contribution in [3.8, 4) is 0 Å². The maximum absolute atomic E-state index is 12.1. The molecule has 1 atom stereocenters. The van der Waals surface area contributed by atoms with Crippen LogP contribution in [0.15, 0.2) is 30.3 Å². The summed E-state index contributed by atoms with van der Waals surface area (Å²) in [6, 6.07) is 10.2. The lowest BCUT2D eigenvalue weighted by molar-refractivity contribution is -0.123. The Bertz CT molecular complexity index is 397. The molecule has 0 heterocycles. The smallest absolute Gasteiger partial charge is 0.237 e. The van der Waals surface area contributed by atoms with Crippen molar-refractivity contribution in [2.24, 2.45) is 5.73 Å². The molecule has 0 radical (unpaired) electrons. The molecule has 110 valence electrons. The van der Waals surface area contributed by atoms with Crippen molar-refractivity contribution in [2.75, 3.05) is 0 Å². The third-order valence-corrected chi connectivity index (χ3v) is 4.13.